The lowest BCUT2D eigenvalue weighted by atomic mass is 10.2. The number of amides is 1. The predicted octanol–water partition coefficient (Wildman–Crippen LogP) is 4.00. The molecule has 0 aliphatic carbocycles. The lowest BCUT2D eigenvalue weighted by Crippen LogP contribution is -2.30. The molecule has 2 heterocycles. The van der Waals surface area contributed by atoms with Crippen molar-refractivity contribution in [3.05, 3.63) is 64.4 Å². The van der Waals surface area contributed by atoms with E-state index >= 15 is 0 Å². The number of nitrogens with zero attached hydrogens (tertiary/aromatic N) is 2. The highest BCUT2D eigenvalue weighted by Crippen LogP contribution is 2.25. The Bertz CT molecular complexity index is 1120. The van der Waals surface area contributed by atoms with Crippen LogP contribution >= 0.6 is 11.8 Å². The molecule has 0 saturated carbocycles. The van der Waals surface area contributed by atoms with Crippen molar-refractivity contribution in [2.45, 2.75) is 49.7 Å². The summed E-state index contributed by atoms with van der Waals surface area (Å²) in [5, 5.41) is 3.68. The number of carbonyl (C=O) groups is 1. The Kier molecular flexibility index (Phi) is 6.20. The smallest absolute Gasteiger partial charge is 0.262 e. The van der Waals surface area contributed by atoms with Gasteiger partial charge in [0.1, 0.15) is 0 Å². The number of hydrogen-bond acceptors (Lipinski definition) is 5. The number of aryl methyl sites for hydroxylation is 1. The summed E-state index contributed by atoms with van der Waals surface area (Å²) in [6.45, 7) is 4.96. The summed E-state index contributed by atoms with van der Waals surface area (Å²) in [5.41, 5.74) is 2.34. The predicted molar refractivity (Wildman–Crippen MR) is 120 cm³/mol. The molecule has 1 aliphatic heterocycles. The quantitative estimate of drug-likeness (QED) is 0.479. The van der Waals surface area contributed by atoms with Crippen molar-refractivity contribution >= 4 is 34.3 Å². The first-order valence-corrected chi connectivity index (χ1v) is 11.0. The van der Waals surface area contributed by atoms with Gasteiger partial charge in [-0.1, -0.05) is 42.1 Å². The van der Waals surface area contributed by atoms with Crippen molar-refractivity contribution in [1.82, 2.24) is 9.55 Å². The number of aromatic nitrogens is 2. The van der Waals surface area contributed by atoms with E-state index in [4.69, 9.17) is 9.72 Å². The highest BCUT2D eigenvalue weighted by Gasteiger charge is 2.23. The van der Waals surface area contributed by atoms with Crippen LogP contribution in [0.3, 0.4) is 0 Å². The summed E-state index contributed by atoms with van der Waals surface area (Å²) < 4.78 is 7.41. The molecule has 1 N–H and O–H groups in total. The minimum absolute atomic E-state index is 0.00103. The summed E-state index contributed by atoms with van der Waals surface area (Å²) in [7, 11) is 0. The fourth-order valence-corrected chi connectivity index (χ4v) is 4.47. The van der Waals surface area contributed by atoms with Crippen LogP contribution in [-0.4, -0.2) is 33.4 Å². The maximum Gasteiger partial charge on any atom is 0.262 e. The van der Waals surface area contributed by atoms with E-state index in [0.29, 0.717) is 22.6 Å². The fraction of sp³-hybridized carbons (Fsp3) is 0.348. The molecule has 4 rings (SSSR count). The molecule has 2 atom stereocenters. The van der Waals surface area contributed by atoms with Crippen molar-refractivity contribution in [3.63, 3.8) is 0 Å². The maximum absolute atomic E-state index is 13.2. The van der Waals surface area contributed by atoms with Gasteiger partial charge in [0.05, 0.1) is 28.8 Å². The van der Waals surface area contributed by atoms with Crippen molar-refractivity contribution in [3.8, 4) is 0 Å². The lowest BCUT2D eigenvalue weighted by molar-refractivity contribution is -0.115. The van der Waals surface area contributed by atoms with Gasteiger partial charge in [0.15, 0.2) is 5.16 Å². The van der Waals surface area contributed by atoms with Gasteiger partial charge < -0.3 is 10.1 Å². The molecule has 6 nitrogen and oxygen atoms in total. The van der Waals surface area contributed by atoms with Gasteiger partial charge in [0.25, 0.3) is 5.56 Å². The zero-order chi connectivity index (χ0) is 21.1. The van der Waals surface area contributed by atoms with E-state index in [2.05, 4.69) is 5.32 Å². The van der Waals surface area contributed by atoms with Gasteiger partial charge in [-0.05, 0) is 50.5 Å². The van der Waals surface area contributed by atoms with Gasteiger partial charge in [-0.3, -0.25) is 14.2 Å². The van der Waals surface area contributed by atoms with Gasteiger partial charge >= 0.3 is 0 Å². The van der Waals surface area contributed by atoms with E-state index in [0.717, 1.165) is 30.7 Å². The number of rotatable bonds is 6. The van der Waals surface area contributed by atoms with Crippen LogP contribution in [0, 0.1) is 6.92 Å². The van der Waals surface area contributed by atoms with Crippen molar-refractivity contribution in [1.29, 1.82) is 0 Å². The number of anilines is 1. The van der Waals surface area contributed by atoms with Crippen molar-refractivity contribution in [2.75, 3.05) is 11.9 Å². The molecular formula is C23H25N3O3S. The van der Waals surface area contributed by atoms with Crippen LogP contribution in [0.2, 0.25) is 0 Å². The Morgan fingerprint density at radius 2 is 2.03 bits per heavy atom. The minimum atomic E-state index is -0.423. The third-order valence-electron chi connectivity index (χ3n) is 5.29. The van der Waals surface area contributed by atoms with Gasteiger partial charge in [0.2, 0.25) is 5.91 Å². The van der Waals surface area contributed by atoms with Gasteiger partial charge in [-0.15, -0.1) is 0 Å². The van der Waals surface area contributed by atoms with E-state index in [-0.39, 0.29) is 17.6 Å². The number of fused-ring (bicyclic) bond motifs is 1. The molecule has 156 valence electrons. The molecule has 0 spiro atoms. The zero-order valence-electron chi connectivity index (χ0n) is 17.1. The molecule has 0 radical (unpaired) electrons. The fourth-order valence-electron chi connectivity index (χ4n) is 3.55. The van der Waals surface area contributed by atoms with E-state index in [9.17, 15) is 9.59 Å². The number of ether oxygens (including phenoxy) is 1. The van der Waals surface area contributed by atoms with Crippen LogP contribution in [0.5, 0.6) is 0 Å². The van der Waals surface area contributed by atoms with Crippen LogP contribution in [0.25, 0.3) is 10.9 Å². The van der Waals surface area contributed by atoms with E-state index in [1.54, 1.807) is 10.6 Å². The van der Waals surface area contributed by atoms with Crippen LogP contribution in [0.1, 0.15) is 25.3 Å². The van der Waals surface area contributed by atoms with Crippen LogP contribution < -0.4 is 10.9 Å². The molecule has 2 aromatic carbocycles. The number of thioether (sulfide) groups is 1. The molecule has 0 bridgehead atoms. The number of carbonyl (C=O) groups excluding carboxylic acids is 1. The number of benzene rings is 2. The van der Waals surface area contributed by atoms with Gasteiger partial charge in [0, 0.05) is 12.3 Å². The van der Waals surface area contributed by atoms with Gasteiger partial charge in [-0.25, -0.2) is 4.98 Å². The molecular weight excluding hydrogens is 398 g/mol. The third-order valence-corrected chi connectivity index (χ3v) is 6.38. The summed E-state index contributed by atoms with van der Waals surface area (Å²) >= 11 is 1.30. The second-order valence-electron chi connectivity index (χ2n) is 7.53. The highest BCUT2D eigenvalue weighted by atomic mass is 32.2. The highest BCUT2D eigenvalue weighted by molar-refractivity contribution is 8.00. The topological polar surface area (TPSA) is 73.2 Å². The second kappa shape index (κ2) is 9.02. The number of para-hydroxylation sites is 2. The Hall–Kier alpha value is -2.64. The Morgan fingerprint density at radius 3 is 2.80 bits per heavy atom. The molecule has 0 unspecified atom stereocenters. The summed E-state index contributed by atoms with van der Waals surface area (Å²) in [6.07, 6.45) is 1.92. The molecule has 1 fully saturated rings. The number of hydrogen-bond donors (Lipinski definition) is 1. The van der Waals surface area contributed by atoms with Crippen molar-refractivity contribution in [2.24, 2.45) is 0 Å². The summed E-state index contributed by atoms with van der Waals surface area (Å²) in [5.74, 6) is -0.125. The average Bonchev–Trinajstić information content (AvgIpc) is 3.26. The molecule has 30 heavy (non-hydrogen) atoms. The largest absolute Gasteiger partial charge is 0.376 e. The Labute approximate surface area is 179 Å². The van der Waals surface area contributed by atoms with E-state index < -0.39 is 5.25 Å². The standard InChI is InChI=1S/C23H25N3O3S/c1-15-8-3-5-11-19(15)24-21(27)16(2)30-23-25-20-12-6-4-10-18(20)22(28)26(23)14-17-9-7-13-29-17/h3-6,8,10-12,16-17H,7,9,13-14H2,1-2H3,(H,24,27)/t16-,17+/m1/s1. The molecule has 1 saturated heterocycles. The third kappa shape index (κ3) is 4.42. The minimum Gasteiger partial charge on any atom is -0.376 e. The van der Waals surface area contributed by atoms with E-state index in [1.165, 1.54) is 11.8 Å². The summed E-state index contributed by atoms with van der Waals surface area (Å²) in [6, 6.07) is 15.0. The molecule has 7 heteroatoms. The SMILES string of the molecule is Cc1ccccc1NC(=O)[C@@H](C)Sc1nc2ccccc2c(=O)n1C[C@@H]1CCCO1. The second-order valence-corrected chi connectivity index (χ2v) is 8.83. The molecule has 1 amide bonds. The summed E-state index contributed by atoms with van der Waals surface area (Å²) in [4.78, 5) is 30.7. The van der Waals surface area contributed by atoms with Gasteiger partial charge in [-0.2, -0.15) is 0 Å². The monoisotopic (exact) mass is 423 g/mol. The maximum atomic E-state index is 13.2. The van der Waals surface area contributed by atoms with E-state index in [1.807, 2.05) is 56.3 Å². The first-order valence-electron chi connectivity index (χ1n) is 10.2. The van der Waals surface area contributed by atoms with Crippen LogP contribution in [0.15, 0.2) is 58.5 Å². The molecule has 1 aliphatic rings. The van der Waals surface area contributed by atoms with Crippen molar-refractivity contribution < 1.29 is 9.53 Å². The number of nitrogens with one attached hydrogen (secondary N) is 1. The molecule has 1 aromatic heterocycles. The lowest BCUT2D eigenvalue weighted by Gasteiger charge is -2.19. The molecule has 3 aromatic rings. The average molecular weight is 424 g/mol. The zero-order valence-corrected chi connectivity index (χ0v) is 17.9. The first kappa shape index (κ1) is 20.6. The normalized spacial score (nSPS) is 17.2. The first-order chi connectivity index (χ1) is 14.5. The Balaban J connectivity index is 1.62. The van der Waals surface area contributed by atoms with Crippen LogP contribution in [-0.2, 0) is 16.1 Å². The van der Waals surface area contributed by atoms with Crippen LogP contribution in [0.4, 0.5) is 5.69 Å². The Morgan fingerprint density at radius 1 is 1.27 bits per heavy atom.